The molecule has 1 aromatic heterocycles. The summed E-state index contributed by atoms with van der Waals surface area (Å²) in [4.78, 5) is 0. The fourth-order valence-corrected chi connectivity index (χ4v) is 2.10. The van der Waals surface area contributed by atoms with E-state index in [0.29, 0.717) is 11.8 Å². The maximum Gasteiger partial charge on any atom is 0.253 e. The second-order valence-electron chi connectivity index (χ2n) is 5.03. The molecule has 0 aliphatic carbocycles. The molecule has 5 heteroatoms. The number of nitrogens with two attached hydrogens (primary N) is 1. The van der Waals surface area contributed by atoms with Crippen LogP contribution in [0.1, 0.15) is 29.0 Å². The van der Waals surface area contributed by atoms with Crippen LogP contribution in [-0.4, -0.2) is 10.2 Å². The maximum atomic E-state index is 6.12. The monoisotopic (exact) mass is 295 g/mol. The lowest BCUT2D eigenvalue weighted by Crippen LogP contribution is -2.12. The predicted molar refractivity (Wildman–Crippen MR) is 82.3 cm³/mol. The molecule has 0 saturated heterocycles. The van der Waals surface area contributed by atoms with Gasteiger partial charge >= 0.3 is 0 Å². The number of hydrogen-bond donors (Lipinski definition) is 1. The van der Waals surface area contributed by atoms with Gasteiger partial charge in [-0.2, -0.15) is 0 Å². The van der Waals surface area contributed by atoms with Crippen LogP contribution < -0.4 is 10.5 Å². The van der Waals surface area contributed by atoms with Crippen LogP contribution in [0.5, 0.6) is 5.75 Å². The van der Waals surface area contributed by atoms with Gasteiger partial charge in [0.25, 0.3) is 5.89 Å². The van der Waals surface area contributed by atoms with Crippen molar-refractivity contribution in [3.05, 3.63) is 77.5 Å². The Bertz CT molecular complexity index is 740. The Morgan fingerprint density at radius 3 is 2.68 bits per heavy atom. The number of rotatable bonds is 5. The van der Waals surface area contributed by atoms with Gasteiger partial charge < -0.3 is 14.9 Å². The van der Waals surface area contributed by atoms with Crippen LogP contribution in [-0.2, 0) is 6.61 Å². The Morgan fingerprint density at radius 1 is 1.09 bits per heavy atom. The molecular formula is C17H17N3O2. The van der Waals surface area contributed by atoms with E-state index in [4.69, 9.17) is 14.9 Å². The summed E-state index contributed by atoms with van der Waals surface area (Å²) >= 11 is 0. The van der Waals surface area contributed by atoms with Crippen molar-refractivity contribution in [2.24, 2.45) is 5.73 Å². The molecule has 5 nitrogen and oxygen atoms in total. The first-order chi connectivity index (χ1) is 10.7. The second kappa shape index (κ2) is 6.41. The minimum absolute atomic E-state index is 0.220. The van der Waals surface area contributed by atoms with Gasteiger partial charge in [-0.3, -0.25) is 0 Å². The van der Waals surface area contributed by atoms with Crippen LogP contribution in [0.25, 0.3) is 0 Å². The standard InChI is InChI=1S/C17H17N3O2/c1-12-6-5-9-14(10-12)21-11-15-19-20-17(22-15)16(18)13-7-3-2-4-8-13/h2-10,16H,11,18H2,1H3. The lowest BCUT2D eigenvalue weighted by molar-refractivity contribution is 0.257. The maximum absolute atomic E-state index is 6.12. The van der Waals surface area contributed by atoms with E-state index in [9.17, 15) is 0 Å². The molecular weight excluding hydrogens is 278 g/mol. The lowest BCUT2D eigenvalue weighted by atomic mass is 10.1. The van der Waals surface area contributed by atoms with Gasteiger partial charge in [-0.15, -0.1) is 10.2 Å². The Morgan fingerprint density at radius 2 is 1.91 bits per heavy atom. The summed E-state index contributed by atoms with van der Waals surface area (Å²) in [6, 6.07) is 17.0. The van der Waals surface area contributed by atoms with Crippen molar-refractivity contribution in [3.8, 4) is 5.75 Å². The van der Waals surface area contributed by atoms with Crippen molar-refractivity contribution in [1.29, 1.82) is 0 Å². The zero-order valence-corrected chi connectivity index (χ0v) is 12.3. The first-order valence-corrected chi connectivity index (χ1v) is 7.04. The highest BCUT2D eigenvalue weighted by atomic mass is 16.5. The molecule has 0 fully saturated rings. The van der Waals surface area contributed by atoms with Crippen molar-refractivity contribution < 1.29 is 9.15 Å². The van der Waals surface area contributed by atoms with Crippen molar-refractivity contribution >= 4 is 0 Å². The summed E-state index contributed by atoms with van der Waals surface area (Å²) in [5.41, 5.74) is 8.18. The number of hydrogen-bond acceptors (Lipinski definition) is 5. The highest BCUT2D eigenvalue weighted by Crippen LogP contribution is 2.19. The van der Waals surface area contributed by atoms with E-state index in [0.717, 1.165) is 16.9 Å². The number of aromatic nitrogens is 2. The Labute approximate surface area is 128 Å². The van der Waals surface area contributed by atoms with Crippen molar-refractivity contribution in [2.75, 3.05) is 0 Å². The van der Waals surface area contributed by atoms with E-state index in [1.165, 1.54) is 0 Å². The zero-order valence-electron chi connectivity index (χ0n) is 12.3. The van der Waals surface area contributed by atoms with Crippen LogP contribution in [0.4, 0.5) is 0 Å². The summed E-state index contributed by atoms with van der Waals surface area (Å²) in [6.07, 6.45) is 0. The molecule has 0 spiro atoms. The van der Waals surface area contributed by atoms with Gasteiger partial charge in [0.05, 0.1) is 0 Å². The molecule has 1 unspecified atom stereocenters. The van der Waals surface area contributed by atoms with E-state index >= 15 is 0 Å². The Balaban J connectivity index is 1.66. The Kier molecular flexibility index (Phi) is 4.16. The highest BCUT2D eigenvalue weighted by Gasteiger charge is 2.16. The van der Waals surface area contributed by atoms with E-state index in [1.807, 2.05) is 61.5 Å². The molecule has 0 aliphatic heterocycles. The van der Waals surface area contributed by atoms with Gasteiger partial charge in [-0.25, -0.2) is 0 Å². The zero-order chi connectivity index (χ0) is 15.4. The predicted octanol–water partition coefficient (Wildman–Crippen LogP) is 3.01. The van der Waals surface area contributed by atoms with E-state index < -0.39 is 6.04 Å². The van der Waals surface area contributed by atoms with Gasteiger partial charge in [0.2, 0.25) is 5.89 Å². The van der Waals surface area contributed by atoms with Gasteiger partial charge in [0, 0.05) is 0 Å². The van der Waals surface area contributed by atoms with Gasteiger partial charge in [0.15, 0.2) is 6.61 Å². The summed E-state index contributed by atoms with van der Waals surface area (Å²) in [5, 5.41) is 7.98. The van der Waals surface area contributed by atoms with Gasteiger partial charge in [0.1, 0.15) is 11.8 Å². The van der Waals surface area contributed by atoms with E-state index in [2.05, 4.69) is 10.2 Å². The average Bonchev–Trinajstić information content (AvgIpc) is 3.02. The molecule has 0 aliphatic rings. The van der Waals surface area contributed by atoms with Crippen LogP contribution >= 0.6 is 0 Å². The first kappa shape index (κ1) is 14.3. The minimum Gasteiger partial charge on any atom is -0.484 e. The summed E-state index contributed by atoms with van der Waals surface area (Å²) in [6.45, 7) is 2.23. The third-order valence-corrected chi connectivity index (χ3v) is 3.26. The number of nitrogens with zero attached hydrogens (tertiary/aromatic N) is 2. The van der Waals surface area contributed by atoms with Crippen LogP contribution in [0.3, 0.4) is 0 Å². The fourth-order valence-electron chi connectivity index (χ4n) is 2.10. The molecule has 0 bridgehead atoms. The fraction of sp³-hybridized carbons (Fsp3) is 0.176. The summed E-state index contributed by atoms with van der Waals surface area (Å²) in [5.74, 6) is 1.56. The Hall–Kier alpha value is -2.66. The molecule has 0 amide bonds. The smallest absolute Gasteiger partial charge is 0.253 e. The van der Waals surface area contributed by atoms with Crippen LogP contribution in [0.15, 0.2) is 59.0 Å². The molecule has 2 aromatic carbocycles. The van der Waals surface area contributed by atoms with Crippen LogP contribution in [0, 0.1) is 6.92 Å². The SMILES string of the molecule is Cc1cccc(OCc2nnc(C(N)c3ccccc3)o2)c1. The third kappa shape index (κ3) is 3.32. The molecule has 2 N–H and O–H groups in total. The van der Waals surface area contributed by atoms with Crippen molar-refractivity contribution in [2.45, 2.75) is 19.6 Å². The molecule has 0 radical (unpaired) electrons. The van der Waals surface area contributed by atoms with Gasteiger partial charge in [-0.05, 0) is 30.2 Å². The first-order valence-electron chi connectivity index (χ1n) is 7.04. The molecule has 3 rings (SSSR count). The minimum atomic E-state index is -0.429. The normalized spacial score (nSPS) is 12.1. The molecule has 22 heavy (non-hydrogen) atoms. The third-order valence-electron chi connectivity index (χ3n) is 3.26. The van der Waals surface area contributed by atoms with Crippen molar-refractivity contribution in [3.63, 3.8) is 0 Å². The number of benzene rings is 2. The van der Waals surface area contributed by atoms with Crippen LogP contribution in [0.2, 0.25) is 0 Å². The molecule has 0 saturated carbocycles. The topological polar surface area (TPSA) is 74.2 Å². The molecule has 112 valence electrons. The summed E-state index contributed by atoms with van der Waals surface area (Å²) in [7, 11) is 0. The number of ether oxygens (including phenoxy) is 1. The van der Waals surface area contributed by atoms with Gasteiger partial charge in [-0.1, -0.05) is 42.5 Å². The number of aryl methyl sites for hydroxylation is 1. The largest absolute Gasteiger partial charge is 0.484 e. The molecule has 3 aromatic rings. The summed E-state index contributed by atoms with van der Waals surface area (Å²) < 4.78 is 11.2. The van der Waals surface area contributed by atoms with E-state index in [1.54, 1.807) is 0 Å². The average molecular weight is 295 g/mol. The lowest BCUT2D eigenvalue weighted by Gasteiger charge is -2.06. The molecule has 1 atom stereocenters. The second-order valence-corrected chi connectivity index (χ2v) is 5.03. The van der Waals surface area contributed by atoms with Crippen molar-refractivity contribution in [1.82, 2.24) is 10.2 Å². The molecule has 1 heterocycles. The van der Waals surface area contributed by atoms with E-state index in [-0.39, 0.29) is 6.61 Å². The quantitative estimate of drug-likeness (QED) is 0.783. The highest BCUT2D eigenvalue weighted by molar-refractivity contribution is 5.27.